The first-order chi connectivity index (χ1) is 13.7. The lowest BCUT2D eigenvalue weighted by Gasteiger charge is -2.24. The van der Waals surface area contributed by atoms with Crippen LogP contribution in [0.4, 0.5) is 5.69 Å². The molecule has 0 saturated carbocycles. The molecule has 7 heteroatoms. The summed E-state index contributed by atoms with van der Waals surface area (Å²) in [6.07, 6.45) is 2.04. The van der Waals surface area contributed by atoms with E-state index < -0.39 is 0 Å². The van der Waals surface area contributed by atoms with Crippen LogP contribution in [-0.4, -0.2) is 43.8 Å². The van der Waals surface area contributed by atoms with E-state index >= 15 is 0 Å². The molecule has 28 heavy (non-hydrogen) atoms. The number of benzene rings is 2. The SMILES string of the molecule is COc1cccc(NC(=O)CSc2ccccc2C(=O)N[C@H]2CCCNC2)c1. The van der Waals surface area contributed by atoms with Gasteiger partial charge in [-0.15, -0.1) is 11.8 Å². The molecule has 0 aromatic heterocycles. The van der Waals surface area contributed by atoms with Crippen LogP contribution in [0.15, 0.2) is 53.4 Å². The third-order valence-electron chi connectivity index (χ3n) is 4.48. The fourth-order valence-electron chi connectivity index (χ4n) is 3.06. The molecule has 1 atom stereocenters. The molecule has 1 aliphatic heterocycles. The van der Waals surface area contributed by atoms with E-state index in [1.54, 1.807) is 19.2 Å². The first-order valence-corrected chi connectivity index (χ1v) is 10.3. The second-order valence-electron chi connectivity index (χ2n) is 6.58. The van der Waals surface area contributed by atoms with Crippen LogP contribution in [0.1, 0.15) is 23.2 Å². The topological polar surface area (TPSA) is 79.5 Å². The van der Waals surface area contributed by atoms with Crippen LogP contribution in [-0.2, 0) is 4.79 Å². The number of rotatable bonds is 7. The van der Waals surface area contributed by atoms with Gasteiger partial charge in [-0.05, 0) is 43.7 Å². The number of thioether (sulfide) groups is 1. The highest BCUT2D eigenvalue weighted by Gasteiger charge is 2.18. The summed E-state index contributed by atoms with van der Waals surface area (Å²) in [6.45, 7) is 1.80. The average molecular weight is 400 g/mol. The maximum atomic E-state index is 12.7. The van der Waals surface area contributed by atoms with Crippen molar-refractivity contribution in [3.8, 4) is 5.75 Å². The molecule has 1 fully saturated rings. The summed E-state index contributed by atoms with van der Waals surface area (Å²) in [6, 6.07) is 14.8. The van der Waals surface area contributed by atoms with E-state index in [9.17, 15) is 9.59 Å². The summed E-state index contributed by atoms with van der Waals surface area (Å²) in [5.74, 6) is 0.673. The first-order valence-electron chi connectivity index (χ1n) is 9.33. The number of anilines is 1. The lowest BCUT2D eigenvalue weighted by Crippen LogP contribution is -2.45. The fourth-order valence-corrected chi connectivity index (χ4v) is 3.91. The van der Waals surface area contributed by atoms with Crippen LogP contribution >= 0.6 is 11.8 Å². The lowest BCUT2D eigenvalue weighted by molar-refractivity contribution is -0.113. The molecule has 148 valence electrons. The minimum absolute atomic E-state index is 0.0926. The van der Waals surface area contributed by atoms with Crippen LogP contribution in [0.25, 0.3) is 0 Å². The van der Waals surface area contributed by atoms with Crippen molar-refractivity contribution in [1.29, 1.82) is 0 Å². The Morgan fingerprint density at radius 2 is 2.07 bits per heavy atom. The summed E-state index contributed by atoms with van der Waals surface area (Å²) in [7, 11) is 1.59. The Bertz CT molecular complexity index is 822. The third-order valence-corrected chi connectivity index (χ3v) is 5.55. The van der Waals surface area contributed by atoms with E-state index in [4.69, 9.17) is 4.74 Å². The molecule has 0 unspecified atom stereocenters. The summed E-state index contributed by atoms with van der Waals surface area (Å²) in [4.78, 5) is 25.8. The van der Waals surface area contributed by atoms with Crippen molar-refractivity contribution in [1.82, 2.24) is 10.6 Å². The van der Waals surface area contributed by atoms with E-state index in [2.05, 4.69) is 16.0 Å². The molecule has 3 N–H and O–H groups in total. The highest BCUT2D eigenvalue weighted by atomic mass is 32.2. The molecule has 1 heterocycles. The standard InChI is InChI=1S/C21H25N3O3S/c1-27-17-8-4-6-15(12-17)23-20(25)14-28-19-10-3-2-9-18(19)21(26)24-16-7-5-11-22-13-16/h2-4,6,8-10,12,16,22H,5,7,11,13-14H2,1H3,(H,23,25)(H,24,26)/t16-/m0/s1. The van der Waals surface area contributed by atoms with Gasteiger partial charge in [-0.1, -0.05) is 18.2 Å². The highest BCUT2D eigenvalue weighted by Crippen LogP contribution is 2.24. The fraction of sp³-hybridized carbons (Fsp3) is 0.333. The lowest BCUT2D eigenvalue weighted by atomic mass is 10.1. The summed E-state index contributed by atoms with van der Waals surface area (Å²) >= 11 is 1.35. The van der Waals surface area contributed by atoms with Crippen LogP contribution in [0.5, 0.6) is 5.75 Å². The van der Waals surface area contributed by atoms with Crippen molar-refractivity contribution >= 4 is 29.3 Å². The second kappa shape index (κ2) is 10.1. The van der Waals surface area contributed by atoms with Crippen LogP contribution < -0.4 is 20.7 Å². The Balaban J connectivity index is 1.58. The van der Waals surface area contributed by atoms with Crippen molar-refractivity contribution in [2.75, 3.05) is 31.3 Å². The normalized spacial score (nSPS) is 16.2. The van der Waals surface area contributed by atoms with E-state index in [1.807, 2.05) is 36.4 Å². The zero-order chi connectivity index (χ0) is 19.8. The van der Waals surface area contributed by atoms with Crippen LogP contribution in [0, 0.1) is 0 Å². The number of carbonyl (C=O) groups is 2. The van der Waals surface area contributed by atoms with Gasteiger partial charge < -0.3 is 20.7 Å². The maximum Gasteiger partial charge on any atom is 0.252 e. The molecule has 0 bridgehead atoms. The average Bonchev–Trinajstić information content (AvgIpc) is 2.73. The summed E-state index contributed by atoms with van der Waals surface area (Å²) in [5.41, 5.74) is 1.29. The van der Waals surface area contributed by atoms with Gasteiger partial charge in [0.05, 0.1) is 18.4 Å². The van der Waals surface area contributed by atoms with E-state index in [-0.39, 0.29) is 23.6 Å². The second-order valence-corrected chi connectivity index (χ2v) is 7.60. The largest absolute Gasteiger partial charge is 0.497 e. The number of hydrogen-bond donors (Lipinski definition) is 3. The number of piperidine rings is 1. The molecule has 1 saturated heterocycles. The van der Waals surface area contributed by atoms with E-state index in [1.165, 1.54) is 11.8 Å². The third kappa shape index (κ3) is 5.74. The number of nitrogens with one attached hydrogen (secondary N) is 3. The Morgan fingerprint density at radius 1 is 1.21 bits per heavy atom. The molecule has 0 radical (unpaired) electrons. The molecule has 2 amide bonds. The van der Waals surface area contributed by atoms with Gasteiger partial charge >= 0.3 is 0 Å². The van der Waals surface area contributed by atoms with Crippen LogP contribution in [0.2, 0.25) is 0 Å². The number of carbonyl (C=O) groups excluding carboxylic acids is 2. The van der Waals surface area contributed by atoms with E-state index in [0.29, 0.717) is 17.0 Å². The predicted octanol–water partition coefficient (Wildman–Crippen LogP) is 2.91. The molecule has 0 aliphatic carbocycles. The predicted molar refractivity (Wildman–Crippen MR) is 112 cm³/mol. The number of methoxy groups -OCH3 is 1. The Labute approximate surface area is 169 Å². The van der Waals surface area contributed by atoms with Gasteiger partial charge in [0.2, 0.25) is 5.91 Å². The molecule has 0 spiro atoms. The Hall–Kier alpha value is -2.51. The van der Waals surface area contributed by atoms with Gasteiger partial charge in [0.15, 0.2) is 0 Å². The number of ether oxygens (including phenoxy) is 1. The van der Waals surface area contributed by atoms with Crippen LogP contribution in [0.3, 0.4) is 0 Å². The van der Waals surface area contributed by atoms with Gasteiger partial charge in [-0.25, -0.2) is 0 Å². The molecule has 6 nitrogen and oxygen atoms in total. The Kier molecular flexibility index (Phi) is 7.33. The summed E-state index contributed by atoms with van der Waals surface area (Å²) in [5, 5.41) is 9.24. The smallest absolute Gasteiger partial charge is 0.252 e. The van der Waals surface area contributed by atoms with Crippen molar-refractivity contribution in [2.24, 2.45) is 0 Å². The molecule has 2 aromatic carbocycles. The minimum Gasteiger partial charge on any atom is -0.497 e. The van der Waals surface area contributed by atoms with Crippen molar-refractivity contribution in [3.05, 3.63) is 54.1 Å². The monoisotopic (exact) mass is 399 g/mol. The van der Waals surface area contributed by atoms with Gasteiger partial charge in [0, 0.05) is 29.2 Å². The quantitative estimate of drug-likeness (QED) is 0.624. The summed E-state index contributed by atoms with van der Waals surface area (Å²) < 4.78 is 5.16. The van der Waals surface area contributed by atoms with Gasteiger partial charge in [-0.2, -0.15) is 0 Å². The molecular weight excluding hydrogens is 374 g/mol. The highest BCUT2D eigenvalue weighted by molar-refractivity contribution is 8.00. The van der Waals surface area contributed by atoms with Gasteiger partial charge in [0.1, 0.15) is 5.75 Å². The molecule has 2 aromatic rings. The number of hydrogen-bond acceptors (Lipinski definition) is 5. The molecule has 1 aliphatic rings. The zero-order valence-electron chi connectivity index (χ0n) is 15.9. The van der Waals surface area contributed by atoms with Gasteiger partial charge in [0.25, 0.3) is 5.91 Å². The van der Waals surface area contributed by atoms with Crippen molar-refractivity contribution < 1.29 is 14.3 Å². The minimum atomic E-state index is -0.134. The maximum absolute atomic E-state index is 12.7. The van der Waals surface area contributed by atoms with Crippen molar-refractivity contribution in [2.45, 2.75) is 23.8 Å². The van der Waals surface area contributed by atoms with Gasteiger partial charge in [-0.3, -0.25) is 9.59 Å². The zero-order valence-corrected chi connectivity index (χ0v) is 16.7. The van der Waals surface area contributed by atoms with E-state index in [0.717, 1.165) is 30.8 Å². The number of amides is 2. The molecular formula is C21H25N3O3S. The first kappa shape index (κ1) is 20.2. The van der Waals surface area contributed by atoms with Crippen molar-refractivity contribution in [3.63, 3.8) is 0 Å². The Morgan fingerprint density at radius 3 is 2.86 bits per heavy atom. The molecule has 3 rings (SSSR count).